The summed E-state index contributed by atoms with van der Waals surface area (Å²) in [6.07, 6.45) is -0.819. The number of hydrogen-bond donors (Lipinski definition) is 1. The van der Waals surface area contributed by atoms with Crippen molar-refractivity contribution >= 4 is 51.9 Å². The third-order valence-electron chi connectivity index (χ3n) is 5.65. The maximum Gasteiger partial charge on any atom is 0.311 e. The van der Waals surface area contributed by atoms with Crippen LogP contribution in [0.4, 0.5) is 5.69 Å². The fourth-order valence-electron chi connectivity index (χ4n) is 4.51. The van der Waals surface area contributed by atoms with E-state index in [0.29, 0.717) is 23.1 Å². The van der Waals surface area contributed by atoms with Gasteiger partial charge in [-0.15, -0.1) is 11.3 Å². The monoisotopic (exact) mass is 420 g/mol. The summed E-state index contributed by atoms with van der Waals surface area (Å²) in [5.74, 6) is -0.650. The molecule has 0 amide bonds. The summed E-state index contributed by atoms with van der Waals surface area (Å²) in [5.41, 5.74) is 0.905. The molecule has 0 spiro atoms. The van der Waals surface area contributed by atoms with Gasteiger partial charge in [-0.05, 0) is 54.4 Å². The number of aliphatic hydroxyl groups excluding tert-OH is 1. The van der Waals surface area contributed by atoms with E-state index in [4.69, 9.17) is 28.6 Å². The van der Waals surface area contributed by atoms with Gasteiger partial charge in [-0.2, -0.15) is 0 Å². The van der Waals surface area contributed by atoms with E-state index in [1.807, 2.05) is 40.6 Å². The Labute approximate surface area is 171 Å². The van der Waals surface area contributed by atoms with Crippen molar-refractivity contribution < 1.29 is 14.6 Å². The first-order valence-corrected chi connectivity index (χ1v) is 10.5. The quantitative estimate of drug-likeness (QED) is 0.608. The lowest BCUT2D eigenvalue weighted by Crippen LogP contribution is -2.66. The first-order valence-electron chi connectivity index (χ1n) is 8.81. The summed E-state index contributed by atoms with van der Waals surface area (Å²) in [4.78, 5) is 17.8. The molecule has 1 saturated carbocycles. The van der Waals surface area contributed by atoms with Crippen molar-refractivity contribution in [1.82, 2.24) is 4.90 Å². The fourth-order valence-corrected chi connectivity index (χ4v) is 5.76. The molecule has 1 aliphatic carbocycles. The van der Waals surface area contributed by atoms with Crippen molar-refractivity contribution in [3.63, 3.8) is 0 Å². The van der Waals surface area contributed by atoms with Crippen molar-refractivity contribution in [3.05, 3.63) is 51.7 Å². The molecular formula is C19H17ClN2O3S2. The van der Waals surface area contributed by atoms with E-state index in [9.17, 15) is 9.90 Å². The zero-order valence-corrected chi connectivity index (χ0v) is 16.6. The van der Waals surface area contributed by atoms with E-state index in [1.54, 1.807) is 11.3 Å². The summed E-state index contributed by atoms with van der Waals surface area (Å²) >= 11 is 13.6. The molecule has 3 saturated heterocycles. The molecule has 0 radical (unpaired) electrons. The maximum absolute atomic E-state index is 12.5. The molecule has 6 rings (SSSR count). The predicted octanol–water partition coefficient (Wildman–Crippen LogP) is 3.05. The Balaban J connectivity index is 1.58. The minimum atomic E-state index is -0.659. The third kappa shape index (κ3) is 2.68. The number of ether oxygens (including phenoxy) is 1. The Bertz CT molecular complexity index is 889. The number of anilines is 1. The van der Waals surface area contributed by atoms with Gasteiger partial charge in [-0.25, -0.2) is 0 Å². The van der Waals surface area contributed by atoms with Gasteiger partial charge in [0, 0.05) is 15.6 Å². The van der Waals surface area contributed by atoms with Crippen molar-refractivity contribution in [2.75, 3.05) is 4.90 Å². The summed E-state index contributed by atoms with van der Waals surface area (Å²) in [7, 11) is 0. The number of benzene rings is 1. The van der Waals surface area contributed by atoms with Crippen molar-refractivity contribution in [2.24, 2.45) is 5.92 Å². The van der Waals surface area contributed by atoms with Gasteiger partial charge in [0.2, 0.25) is 0 Å². The average Bonchev–Trinajstić information content (AvgIpc) is 3.25. The highest BCUT2D eigenvalue weighted by Crippen LogP contribution is 2.46. The van der Waals surface area contributed by atoms with E-state index in [0.717, 1.165) is 5.69 Å². The smallest absolute Gasteiger partial charge is 0.311 e. The second-order valence-electron chi connectivity index (χ2n) is 7.13. The molecule has 1 aromatic heterocycles. The number of carbonyl (C=O) groups is 1. The molecule has 2 aromatic rings. The van der Waals surface area contributed by atoms with Gasteiger partial charge in [-0.3, -0.25) is 4.79 Å². The minimum absolute atomic E-state index is 0.145. The molecule has 5 atom stereocenters. The van der Waals surface area contributed by atoms with E-state index >= 15 is 0 Å². The molecule has 3 aliphatic heterocycles. The molecule has 27 heavy (non-hydrogen) atoms. The van der Waals surface area contributed by atoms with Crippen LogP contribution in [0, 0.1) is 5.92 Å². The van der Waals surface area contributed by atoms with Crippen molar-refractivity contribution in [2.45, 2.75) is 37.3 Å². The number of halogens is 1. The first kappa shape index (κ1) is 17.4. The standard InChI is InChI=1S/C19H17ClN2O3S2/c20-10-3-5-11(6-4-10)22-15-13-8-14(23)17(25-18(13)24)16(15)21(19(22)26)9-12-2-1-7-27-12/h1-7,13-17,23H,8-9H2/t13-,14-,15-,16-,17+/m1/s1. The maximum atomic E-state index is 12.5. The highest BCUT2D eigenvalue weighted by Gasteiger charge is 2.62. The van der Waals surface area contributed by atoms with Gasteiger partial charge >= 0.3 is 5.97 Å². The van der Waals surface area contributed by atoms with E-state index in [-0.39, 0.29) is 18.1 Å². The molecule has 2 bridgehead atoms. The number of thiocarbonyl (C=S) groups is 1. The Kier molecular flexibility index (Phi) is 4.16. The van der Waals surface area contributed by atoms with Gasteiger partial charge in [0.25, 0.3) is 0 Å². The molecule has 4 heterocycles. The van der Waals surface area contributed by atoms with E-state index in [2.05, 4.69) is 11.0 Å². The van der Waals surface area contributed by atoms with Crippen LogP contribution in [0.5, 0.6) is 0 Å². The lowest BCUT2D eigenvalue weighted by Gasteiger charge is -2.49. The summed E-state index contributed by atoms with van der Waals surface area (Å²) in [6, 6.07) is 11.3. The van der Waals surface area contributed by atoms with Crippen LogP contribution in [0.3, 0.4) is 0 Å². The number of hydrogen-bond acceptors (Lipinski definition) is 5. The molecule has 1 N–H and O–H groups in total. The molecular weight excluding hydrogens is 404 g/mol. The van der Waals surface area contributed by atoms with Gasteiger partial charge in [0.1, 0.15) is 6.10 Å². The van der Waals surface area contributed by atoms with Gasteiger partial charge in [0.05, 0.1) is 30.7 Å². The predicted molar refractivity (Wildman–Crippen MR) is 108 cm³/mol. The number of fused-ring (bicyclic) bond motifs is 2. The summed E-state index contributed by atoms with van der Waals surface area (Å²) in [6.45, 7) is 0.634. The summed E-state index contributed by atoms with van der Waals surface area (Å²) in [5, 5.41) is 13.8. The summed E-state index contributed by atoms with van der Waals surface area (Å²) < 4.78 is 5.58. The fraction of sp³-hybridized carbons (Fsp3) is 0.368. The second kappa shape index (κ2) is 6.44. The van der Waals surface area contributed by atoms with Crippen LogP contribution in [0.1, 0.15) is 11.3 Å². The number of thiophene rings is 1. The minimum Gasteiger partial charge on any atom is -0.457 e. The van der Waals surface area contributed by atoms with Gasteiger partial charge < -0.3 is 19.6 Å². The lowest BCUT2D eigenvalue weighted by atomic mass is 9.74. The van der Waals surface area contributed by atoms with Crippen LogP contribution in [0.25, 0.3) is 0 Å². The zero-order valence-electron chi connectivity index (χ0n) is 14.2. The molecule has 4 fully saturated rings. The number of carbonyl (C=O) groups excluding carboxylic acids is 1. The average molecular weight is 421 g/mol. The van der Waals surface area contributed by atoms with Crippen molar-refractivity contribution in [1.29, 1.82) is 0 Å². The SMILES string of the molecule is O=C1O[C@@H]2[C@H]3[C@@H]([C@H]1C[C@H]2O)N(c1ccc(Cl)cc1)C(=S)N3Cc1cccs1. The molecule has 1 aromatic carbocycles. The highest BCUT2D eigenvalue weighted by atomic mass is 35.5. The largest absolute Gasteiger partial charge is 0.457 e. The second-order valence-corrected chi connectivity index (χ2v) is 8.96. The Morgan fingerprint density at radius 3 is 2.74 bits per heavy atom. The van der Waals surface area contributed by atoms with Crippen LogP contribution >= 0.6 is 35.2 Å². The zero-order chi connectivity index (χ0) is 18.7. The van der Waals surface area contributed by atoms with Gasteiger partial charge in [-0.1, -0.05) is 17.7 Å². The molecule has 0 unspecified atom stereocenters. The Hall–Kier alpha value is -1.67. The Morgan fingerprint density at radius 1 is 1.26 bits per heavy atom. The molecule has 140 valence electrons. The number of aliphatic hydroxyl groups is 1. The lowest BCUT2D eigenvalue weighted by molar-refractivity contribution is -0.194. The topological polar surface area (TPSA) is 53.0 Å². The third-order valence-corrected chi connectivity index (χ3v) is 7.19. The molecule has 4 aliphatic rings. The Morgan fingerprint density at radius 2 is 2.04 bits per heavy atom. The number of nitrogens with zero attached hydrogens (tertiary/aromatic N) is 2. The van der Waals surface area contributed by atoms with Crippen molar-refractivity contribution in [3.8, 4) is 0 Å². The number of esters is 1. The molecule has 8 heteroatoms. The van der Waals surface area contributed by atoms with E-state index in [1.165, 1.54) is 4.88 Å². The van der Waals surface area contributed by atoms with Gasteiger partial charge in [0.15, 0.2) is 5.11 Å². The van der Waals surface area contributed by atoms with Crippen LogP contribution in [-0.2, 0) is 16.1 Å². The van der Waals surface area contributed by atoms with Crippen LogP contribution in [0.2, 0.25) is 5.02 Å². The van der Waals surface area contributed by atoms with E-state index < -0.39 is 18.1 Å². The number of rotatable bonds is 3. The van der Waals surface area contributed by atoms with Crippen LogP contribution in [0.15, 0.2) is 41.8 Å². The normalized spacial score (nSPS) is 32.0. The highest BCUT2D eigenvalue weighted by molar-refractivity contribution is 7.80. The molecule has 5 nitrogen and oxygen atoms in total. The first-order chi connectivity index (χ1) is 13.0. The van der Waals surface area contributed by atoms with Crippen LogP contribution < -0.4 is 4.90 Å². The van der Waals surface area contributed by atoms with Crippen LogP contribution in [-0.4, -0.2) is 45.4 Å².